The number of nitrogens with two attached hydrogens (primary N) is 1. The van der Waals surface area contributed by atoms with E-state index in [-0.39, 0.29) is 41.6 Å². The molecule has 0 spiro atoms. The van der Waals surface area contributed by atoms with Gasteiger partial charge in [-0.25, -0.2) is 28.6 Å². The molecule has 0 saturated carbocycles. The van der Waals surface area contributed by atoms with Crippen LogP contribution < -0.4 is 16.4 Å². The van der Waals surface area contributed by atoms with Gasteiger partial charge in [0, 0.05) is 30.7 Å². The second-order valence-electron chi connectivity index (χ2n) is 14.1. The Labute approximate surface area is 342 Å². The second-order valence-corrected chi connectivity index (χ2v) is 19.4. The van der Waals surface area contributed by atoms with E-state index in [1.54, 1.807) is 6.92 Å². The number of nitrogens with zero attached hydrogens (tertiary/aromatic N) is 4. The summed E-state index contributed by atoms with van der Waals surface area (Å²) in [6, 6.07) is 0. The normalized spacial score (nSPS) is 21.5. The monoisotopic (exact) mass is 917 g/mol. The van der Waals surface area contributed by atoms with E-state index in [1.165, 1.54) is 13.8 Å². The quantitative estimate of drug-likeness (QED) is 0.0327. The number of aromatic nitrogens is 4. The molecule has 3 heterocycles. The molecule has 0 bridgehead atoms. The molecule has 2 amide bonds. The summed E-state index contributed by atoms with van der Waals surface area (Å²) < 4.78 is 62.2. The molecule has 2 aromatic rings. The topological polar surface area (TPSA) is 364 Å². The third kappa shape index (κ3) is 15.5. The lowest BCUT2D eigenvalue weighted by atomic mass is 9.87. The summed E-state index contributed by atoms with van der Waals surface area (Å²) in [5, 5.41) is 26.3. The number of anilines is 1. The van der Waals surface area contributed by atoms with Gasteiger partial charge in [-0.05, 0) is 24.8 Å². The number of nitrogens with one attached hydrogen (secondary N) is 2. The van der Waals surface area contributed by atoms with Crippen LogP contribution in [0.25, 0.3) is 11.2 Å². The van der Waals surface area contributed by atoms with Crippen molar-refractivity contribution in [2.45, 2.75) is 78.1 Å². The largest absolute Gasteiger partial charge is 0.481 e. The maximum atomic E-state index is 12.7. The molecule has 7 unspecified atom stereocenters. The number of imidazole rings is 1. The summed E-state index contributed by atoms with van der Waals surface area (Å²) in [6.45, 7) is 10.1. The minimum atomic E-state index is -5.58. The van der Waals surface area contributed by atoms with Crippen LogP contribution >= 0.6 is 35.2 Å². The first kappa shape index (κ1) is 50.4. The van der Waals surface area contributed by atoms with Gasteiger partial charge < -0.3 is 50.9 Å². The highest BCUT2D eigenvalue weighted by Gasteiger charge is 2.50. The molecule has 7 atom stereocenters. The summed E-state index contributed by atoms with van der Waals surface area (Å²) >= 11 is 1.04. The van der Waals surface area contributed by atoms with Crippen molar-refractivity contribution in [2.24, 2.45) is 11.3 Å². The van der Waals surface area contributed by atoms with Gasteiger partial charge in [-0.2, -0.15) is 4.31 Å². The van der Waals surface area contributed by atoms with Gasteiger partial charge in [0.05, 0.1) is 19.5 Å². The van der Waals surface area contributed by atoms with Gasteiger partial charge in [0.15, 0.2) is 17.7 Å². The number of thioether (sulfide) groups is 1. The van der Waals surface area contributed by atoms with Crippen molar-refractivity contribution in [3.8, 4) is 0 Å². The molecular formula is C31H50N7O17P3S. The fourth-order valence-electron chi connectivity index (χ4n) is 4.99. The Morgan fingerprint density at radius 2 is 1.75 bits per heavy atom. The Morgan fingerprint density at radius 3 is 2.39 bits per heavy atom. The molecule has 2 aromatic heterocycles. The third-order valence-corrected chi connectivity index (χ3v) is 12.6. The van der Waals surface area contributed by atoms with Crippen LogP contribution in [0.5, 0.6) is 0 Å². The molecular weight excluding hydrogens is 867 g/mol. The number of carbonyl (C=O) groups is 3. The van der Waals surface area contributed by atoms with Crippen LogP contribution in [0.15, 0.2) is 36.5 Å². The number of carbonyl (C=O) groups excluding carboxylic acids is 3. The average Bonchev–Trinajstić information content (AvgIpc) is 3.69. The number of allylic oxidation sites excluding steroid dienone is 2. The summed E-state index contributed by atoms with van der Waals surface area (Å²) in [7, 11) is -16.4. The number of hydrogen-bond acceptors (Lipinski definition) is 18. The van der Waals surface area contributed by atoms with E-state index in [0.29, 0.717) is 23.7 Å². The predicted octanol–water partition coefficient (Wildman–Crippen LogP) is 1.21. The van der Waals surface area contributed by atoms with Crippen LogP contribution in [-0.4, -0.2) is 123 Å². The van der Waals surface area contributed by atoms with Crippen LogP contribution in [0, 0.1) is 11.3 Å². The summed E-state index contributed by atoms with van der Waals surface area (Å²) in [5.41, 5.74) is 5.84. The van der Waals surface area contributed by atoms with E-state index in [4.69, 9.17) is 19.5 Å². The molecule has 0 aliphatic carbocycles. The Hall–Kier alpha value is -2.96. The van der Waals surface area contributed by atoms with E-state index >= 15 is 0 Å². The molecule has 24 nitrogen and oxygen atoms in total. The molecule has 1 fully saturated rings. The molecule has 0 aromatic carbocycles. The Bertz CT molecular complexity index is 2010. The van der Waals surface area contributed by atoms with Gasteiger partial charge in [0.1, 0.15) is 36.3 Å². The van der Waals surface area contributed by atoms with E-state index in [2.05, 4.69) is 41.0 Å². The number of rotatable bonds is 23. The van der Waals surface area contributed by atoms with Gasteiger partial charge >= 0.3 is 23.5 Å². The fourth-order valence-corrected chi connectivity index (χ4v) is 8.52. The molecule has 332 valence electrons. The highest BCUT2D eigenvalue weighted by molar-refractivity contribution is 8.14. The lowest BCUT2D eigenvalue weighted by Crippen LogP contribution is -2.46. The summed E-state index contributed by atoms with van der Waals surface area (Å²) in [6.07, 6.45) is -4.54. The summed E-state index contributed by atoms with van der Waals surface area (Å²) in [4.78, 5) is 88.1. The standard InChI is InChI=1S/C31H50N7O17P3S/c1-17(2)18(3)7-8-19(4)30(43)59-12-11-33-21(39)9-10-34-28(42)25(41)31(5,6)14-52-58(49,50)55-57(47,48)51-13-20-24(54-56(44,45)46)23(40)29(53-20)38-16-37-22-26(32)35-15-36-27(22)38/h8,15-17,20,23-25,29,40-41H,3,7,9-14H2,1-2,4-6H3,(H,33,39)(H,34,42)(H,47,48)(H,49,50)(H2,32,35,36)(H2,44,45,46)/b19-8+. The van der Waals surface area contributed by atoms with Gasteiger partial charge in [0.2, 0.25) is 16.9 Å². The first-order valence-electron chi connectivity index (χ1n) is 17.6. The van der Waals surface area contributed by atoms with E-state index < -0.39 is 84.6 Å². The zero-order valence-electron chi connectivity index (χ0n) is 32.6. The highest BCUT2D eigenvalue weighted by Crippen LogP contribution is 2.61. The second kappa shape index (κ2) is 21.2. The zero-order valence-corrected chi connectivity index (χ0v) is 36.1. The number of aliphatic hydroxyl groups is 2. The van der Waals surface area contributed by atoms with Crippen molar-refractivity contribution >= 4 is 69.1 Å². The first-order valence-corrected chi connectivity index (χ1v) is 23.1. The number of phosphoric ester groups is 3. The SMILES string of the molecule is C=C(C/C=C(\C)C(=O)SCCNC(=O)CCNC(=O)C(O)C(C)(C)COP(=O)(O)OP(=O)(O)OCC1OC(n2cnc3c(N)ncnc32)C(O)C1OP(=O)(O)O)C(C)C. The van der Waals surface area contributed by atoms with Crippen LogP contribution in [0.2, 0.25) is 0 Å². The molecule has 10 N–H and O–H groups in total. The number of hydrogen-bond donors (Lipinski definition) is 9. The van der Waals surface area contributed by atoms with Crippen molar-refractivity contribution in [2.75, 3.05) is 37.8 Å². The molecule has 1 aliphatic rings. The fraction of sp³-hybridized carbons (Fsp3) is 0.613. The van der Waals surface area contributed by atoms with Crippen LogP contribution in [0.3, 0.4) is 0 Å². The van der Waals surface area contributed by atoms with Crippen molar-refractivity contribution < 1.29 is 80.5 Å². The van der Waals surface area contributed by atoms with Crippen molar-refractivity contribution in [3.05, 3.63) is 36.5 Å². The number of amides is 2. The molecule has 28 heteroatoms. The highest BCUT2D eigenvalue weighted by atomic mass is 32.2. The number of fused-ring (bicyclic) bond motifs is 1. The number of phosphoric acid groups is 3. The smallest absolute Gasteiger partial charge is 0.386 e. The molecule has 0 radical (unpaired) electrons. The number of nitrogen functional groups attached to an aromatic ring is 1. The average molecular weight is 918 g/mol. The molecule has 3 rings (SSSR count). The van der Waals surface area contributed by atoms with Gasteiger partial charge in [-0.15, -0.1) is 0 Å². The van der Waals surface area contributed by atoms with E-state index in [9.17, 15) is 57.9 Å². The van der Waals surface area contributed by atoms with Crippen LogP contribution in [0.4, 0.5) is 5.82 Å². The molecule has 1 aliphatic heterocycles. The van der Waals surface area contributed by atoms with Crippen molar-refractivity contribution in [3.63, 3.8) is 0 Å². The third-order valence-electron chi connectivity index (χ3n) is 8.54. The Balaban J connectivity index is 1.46. The van der Waals surface area contributed by atoms with Crippen LogP contribution in [0.1, 0.15) is 53.7 Å². The Kier molecular flexibility index (Phi) is 18.1. The lowest BCUT2D eigenvalue weighted by molar-refractivity contribution is -0.137. The van der Waals surface area contributed by atoms with Gasteiger partial charge in [-0.3, -0.25) is 32.5 Å². The van der Waals surface area contributed by atoms with Crippen molar-refractivity contribution in [1.82, 2.24) is 30.2 Å². The van der Waals surface area contributed by atoms with E-state index in [0.717, 1.165) is 34.6 Å². The molecule has 59 heavy (non-hydrogen) atoms. The minimum Gasteiger partial charge on any atom is -0.386 e. The molecule has 1 saturated heterocycles. The zero-order chi connectivity index (χ0) is 44.5. The maximum absolute atomic E-state index is 12.7. The Morgan fingerprint density at radius 1 is 1.08 bits per heavy atom. The van der Waals surface area contributed by atoms with Gasteiger partial charge in [0.25, 0.3) is 0 Å². The minimum absolute atomic E-state index is 0.0288. The van der Waals surface area contributed by atoms with Crippen molar-refractivity contribution in [1.29, 1.82) is 0 Å². The van der Waals surface area contributed by atoms with Gasteiger partial charge in [-0.1, -0.05) is 57.7 Å². The van der Waals surface area contributed by atoms with Crippen LogP contribution in [-0.2, 0) is 50.7 Å². The maximum Gasteiger partial charge on any atom is 0.481 e. The first-order chi connectivity index (χ1) is 27.2. The van der Waals surface area contributed by atoms with E-state index in [1.807, 2.05) is 19.9 Å². The number of ether oxygens (including phenoxy) is 1. The number of aliphatic hydroxyl groups excluding tert-OH is 2. The predicted molar refractivity (Wildman–Crippen MR) is 209 cm³/mol. The lowest BCUT2D eigenvalue weighted by Gasteiger charge is -2.30. The summed E-state index contributed by atoms with van der Waals surface area (Å²) in [5.74, 6) is -0.868.